The highest BCUT2D eigenvalue weighted by atomic mass is 16.3. The first-order valence-electron chi connectivity index (χ1n) is 6.30. The number of aliphatic hydroxyl groups is 1. The summed E-state index contributed by atoms with van der Waals surface area (Å²) in [6, 6.07) is 9.49. The molecule has 0 heterocycles. The molecule has 0 bridgehead atoms. The van der Waals surface area contributed by atoms with Gasteiger partial charge in [-0.05, 0) is 25.5 Å². The molecule has 0 aliphatic carbocycles. The Morgan fingerprint density at radius 2 is 2.00 bits per heavy atom. The highest BCUT2D eigenvalue weighted by molar-refractivity contribution is 5.79. The van der Waals surface area contributed by atoms with Crippen LogP contribution in [-0.2, 0) is 10.3 Å². The summed E-state index contributed by atoms with van der Waals surface area (Å²) in [6.07, 6.45) is 0.989. The van der Waals surface area contributed by atoms with Gasteiger partial charge in [-0.3, -0.25) is 4.79 Å². The Kier molecular flexibility index (Phi) is 5.82. The summed E-state index contributed by atoms with van der Waals surface area (Å²) in [5, 5.41) is 15.4. The van der Waals surface area contributed by atoms with Gasteiger partial charge < -0.3 is 15.7 Å². The van der Waals surface area contributed by atoms with E-state index in [1.54, 1.807) is 0 Å². The van der Waals surface area contributed by atoms with Crippen molar-refractivity contribution >= 4 is 5.91 Å². The molecule has 0 aliphatic heterocycles. The lowest BCUT2D eigenvalue weighted by Gasteiger charge is -2.29. The molecule has 1 aromatic rings. The molecule has 4 heteroatoms. The maximum atomic E-state index is 11.8. The number of rotatable bonds is 7. The molecule has 3 N–H and O–H groups in total. The van der Waals surface area contributed by atoms with Crippen LogP contribution in [0.3, 0.4) is 0 Å². The van der Waals surface area contributed by atoms with E-state index in [-0.39, 0.29) is 19.1 Å². The number of benzene rings is 1. The van der Waals surface area contributed by atoms with Crippen LogP contribution in [0.5, 0.6) is 0 Å². The van der Waals surface area contributed by atoms with Crippen LogP contribution in [-0.4, -0.2) is 30.7 Å². The Morgan fingerprint density at radius 1 is 1.33 bits per heavy atom. The highest BCUT2D eigenvalue weighted by Gasteiger charge is 2.27. The van der Waals surface area contributed by atoms with Crippen molar-refractivity contribution in [2.75, 3.05) is 19.7 Å². The van der Waals surface area contributed by atoms with Gasteiger partial charge in [0.05, 0.1) is 18.7 Å². The van der Waals surface area contributed by atoms with E-state index in [1.807, 2.05) is 44.2 Å². The minimum atomic E-state index is -0.730. The SMILES string of the molecule is CCCNCC(=O)NC(C)(CO)c1ccccc1. The van der Waals surface area contributed by atoms with Crippen molar-refractivity contribution in [2.45, 2.75) is 25.8 Å². The van der Waals surface area contributed by atoms with E-state index in [2.05, 4.69) is 10.6 Å². The normalized spacial score (nSPS) is 13.9. The third-order valence-corrected chi connectivity index (χ3v) is 2.85. The van der Waals surface area contributed by atoms with Gasteiger partial charge in [0.2, 0.25) is 5.91 Å². The van der Waals surface area contributed by atoms with Crippen molar-refractivity contribution in [3.05, 3.63) is 35.9 Å². The van der Waals surface area contributed by atoms with Crippen molar-refractivity contribution in [1.82, 2.24) is 10.6 Å². The van der Waals surface area contributed by atoms with Crippen molar-refractivity contribution in [2.24, 2.45) is 0 Å². The molecule has 18 heavy (non-hydrogen) atoms. The van der Waals surface area contributed by atoms with E-state index in [4.69, 9.17) is 0 Å². The molecule has 0 radical (unpaired) electrons. The molecule has 0 fully saturated rings. The molecule has 0 spiro atoms. The van der Waals surface area contributed by atoms with Crippen LogP contribution in [0.1, 0.15) is 25.8 Å². The second kappa shape index (κ2) is 7.13. The second-order valence-electron chi connectivity index (χ2n) is 4.58. The van der Waals surface area contributed by atoms with Crippen molar-refractivity contribution < 1.29 is 9.90 Å². The van der Waals surface area contributed by atoms with E-state index < -0.39 is 5.54 Å². The van der Waals surface area contributed by atoms with Gasteiger partial charge in [0.1, 0.15) is 0 Å². The van der Waals surface area contributed by atoms with Crippen LogP contribution in [0.2, 0.25) is 0 Å². The number of hydrogen-bond acceptors (Lipinski definition) is 3. The van der Waals surface area contributed by atoms with Gasteiger partial charge >= 0.3 is 0 Å². The van der Waals surface area contributed by atoms with Gasteiger partial charge in [0.15, 0.2) is 0 Å². The van der Waals surface area contributed by atoms with Crippen LogP contribution >= 0.6 is 0 Å². The average molecular weight is 250 g/mol. The Bertz CT molecular complexity index is 367. The predicted molar refractivity (Wildman–Crippen MR) is 72.2 cm³/mol. The summed E-state index contributed by atoms with van der Waals surface area (Å²) >= 11 is 0. The molecule has 0 aliphatic rings. The summed E-state index contributed by atoms with van der Waals surface area (Å²) in [7, 11) is 0. The van der Waals surface area contributed by atoms with Crippen molar-refractivity contribution in [1.29, 1.82) is 0 Å². The minimum Gasteiger partial charge on any atom is -0.394 e. The fourth-order valence-electron chi connectivity index (χ4n) is 1.74. The molecule has 100 valence electrons. The van der Waals surface area contributed by atoms with Gasteiger partial charge in [-0.25, -0.2) is 0 Å². The number of carbonyl (C=O) groups is 1. The zero-order chi connectivity index (χ0) is 13.4. The summed E-state index contributed by atoms with van der Waals surface area (Å²) in [5.74, 6) is -0.108. The molecular formula is C14H22N2O2. The number of amides is 1. The molecule has 4 nitrogen and oxygen atoms in total. The van der Waals surface area contributed by atoms with Crippen LogP contribution in [0, 0.1) is 0 Å². The Morgan fingerprint density at radius 3 is 2.56 bits per heavy atom. The fraction of sp³-hybridized carbons (Fsp3) is 0.500. The number of nitrogens with one attached hydrogen (secondary N) is 2. The number of aliphatic hydroxyl groups excluding tert-OH is 1. The Labute approximate surface area is 108 Å². The molecule has 1 atom stereocenters. The Hall–Kier alpha value is -1.39. The van der Waals surface area contributed by atoms with Crippen LogP contribution in [0.4, 0.5) is 0 Å². The zero-order valence-corrected chi connectivity index (χ0v) is 11.1. The largest absolute Gasteiger partial charge is 0.394 e. The standard InChI is InChI=1S/C14H22N2O2/c1-3-9-15-10-13(18)16-14(2,11-17)12-7-5-4-6-8-12/h4-8,15,17H,3,9-11H2,1-2H3,(H,16,18). The van der Waals surface area contributed by atoms with Gasteiger partial charge in [0.25, 0.3) is 0 Å². The number of carbonyl (C=O) groups excluding carboxylic acids is 1. The van der Waals surface area contributed by atoms with E-state index >= 15 is 0 Å². The Balaban J connectivity index is 2.63. The van der Waals surface area contributed by atoms with E-state index in [0.29, 0.717) is 0 Å². The van der Waals surface area contributed by atoms with Gasteiger partial charge in [-0.1, -0.05) is 37.3 Å². The maximum absolute atomic E-state index is 11.8. The molecule has 1 unspecified atom stereocenters. The van der Waals surface area contributed by atoms with E-state index in [1.165, 1.54) is 0 Å². The summed E-state index contributed by atoms with van der Waals surface area (Å²) < 4.78 is 0. The molecule has 1 aromatic carbocycles. The monoisotopic (exact) mass is 250 g/mol. The lowest BCUT2D eigenvalue weighted by molar-refractivity contribution is -0.122. The van der Waals surface area contributed by atoms with Gasteiger partial charge in [-0.15, -0.1) is 0 Å². The first-order chi connectivity index (χ1) is 8.62. The third kappa shape index (κ3) is 4.13. The van der Waals surface area contributed by atoms with E-state index in [9.17, 15) is 9.90 Å². The lowest BCUT2D eigenvalue weighted by atomic mass is 9.93. The van der Waals surface area contributed by atoms with Crippen LogP contribution in [0.15, 0.2) is 30.3 Å². The average Bonchev–Trinajstić information content (AvgIpc) is 2.40. The summed E-state index contributed by atoms with van der Waals surface area (Å²) in [5.41, 5.74) is 0.169. The van der Waals surface area contributed by atoms with Crippen LogP contribution in [0.25, 0.3) is 0 Å². The molecule has 1 amide bonds. The second-order valence-corrected chi connectivity index (χ2v) is 4.58. The lowest BCUT2D eigenvalue weighted by Crippen LogP contribution is -2.49. The highest BCUT2D eigenvalue weighted by Crippen LogP contribution is 2.19. The van der Waals surface area contributed by atoms with E-state index in [0.717, 1.165) is 18.5 Å². The molecule has 0 saturated heterocycles. The summed E-state index contributed by atoms with van der Waals surface area (Å²) in [6.45, 7) is 4.83. The topological polar surface area (TPSA) is 61.4 Å². The first-order valence-corrected chi connectivity index (χ1v) is 6.30. The minimum absolute atomic E-state index is 0.108. The zero-order valence-electron chi connectivity index (χ0n) is 11.1. The molecular weight excluding hydrogens is 228 g/mol. The maximum Gasteiger partial charge on any atom is 0.234 e. The number of hydrogen-bond donors (Lipinski definition) is 3. The first kappa shape index (κ1) is 14.7. The van der Waals surface area contributed by atoms with Crippen molar-refractivity contribution in [3.8, 4) is 0 Å². The fourth-order valence-corrected chi connectivity index (χ4v) is 1.74. The van der Waals surface area contributed by atoms with Gasteiger partial charge in [0, 0.05) is 0 Å². The summed E-state index contributed by atoms with van der Waals surface area (Å²) in [4.78, 5) is 11.8. The smallest absolute Gasteiger partial charge is 0.234 e. The van der Waals surface area contributed by atoms with Gasteiger partial charge in [-0.2, -0.15) is 0 Å². The third-order valence-electron chi connectivity index (χ3n) is 2.85. The van der Waals surface area contributed by atoms with Crippen LogP contribution < -0.4 is 10.6 Å². The molecule has 1 rings (SSSR count). The predicted octanol–water partition coefficient (Wildman–Crippen LogP) is 1.01. The molecule has 0 aromatic heterocycles. The quantitative estimate of drug-likeness (QED) is 0.633. The van der Waals surface area contributed by atoms with Crippen molar-refractivity contribution in [3.63, 3.8) is 0 Å². The molecule has 0 saturated carbocycles.